The summed E-state index contributed by atoms with van der Waals surface area (Å²) in [6, 6.07) is 4.69. The number of amides is 1. The van der Waals surface area contributed by atoms with Gasteiger partial charge in [0.05, 0.1) is 10.5 Å². The minimum atomic E-state index is -0.492. The first-order valence-electron chi connectivity index (χ1n) is 6.29. The summed E-state index contributed by atoms with van der Waals surface area (Å²) < 4.78 is 0. The van der Waals surface area contributed by atoms with Gasteiger partial charge in [0, 0.05) is 19.2 Å². The molecule has 1 aliphatic carbocycles. The molecule has 1 aliphatic rings. The van der Waals surface area contributed by atoms with Gasteiger partial charge in [-0.05, 0) is 24.8 Å². The second-order valence-corrected chi connectivity index (χ2v) is 4.95. The third-order valence-corrected chi connectivity index (χ3v) is 3.44. The van der Waals surface area contributed by atoms with Crippen LogP contribution < -0.4 is 10.6 Å². The van der Waals surface area contributed by atoms with Crippen LogP contribution in [0.3, 0.4) is 0 Å². The quantitative estimate of drug-likeness (QED) is 0.644. The van der Waals surface area contributed by atoms with Gasteiger partial charge in [0.25, 0.3) is 11.6 Å². The van der Waals surface area contributed by atoms with Crippen LogP contribution in [-0.4, -0.2) is 23.9 Å². The summed E-state index contributed by atoms with van der Waals surface area (Å²) >= 11 is 0. The normalized spacial score (nSPS) is 21.4. The number of rotatable bonds is 4. The summed E-state index contributed by atoms with van der Waals surface area (Å²) in [6.07, 6.45) is 1.94. The van der Waals surface area contributed by atoms with Gasteiger partial charge in [0.2, 0.25) is 0 Å². The summed E-state index contributed by atoms with van der Waals surface area (Å²) in [6.45, 7) is 2.13. The van der Waals surface area contributed by atoms with E-state index in [1.54, 1.807) is 13.1 Å². The molecule has 1 amide bonds. The lowest BCUT2D eigenvalue weighted by Crippen LogP contribution is -2.43. The first kappa shape index (κ1) is 13.3. The molecule has 19 heavy (non-hydrogen) atoms. The van der Waals surface area contributed by atoms with Gasteiger partial charge >= 0.3 is 0 Å². The highest BCUT2D eigenvalue weighted by Crippen LogP contribution is 2.30. The number of carbonyl (C=O) groups is 1. The maximum atomic E-state index is 12.1. The molecule has 1 aromatic carbocycles. The Kier molecular flexibility index (Phi) is 3.69. The van der Waals surface area contributed by atoms with Crippen molar-refractivity contribution in [3.63, 3.8) is 0 Å². The molecule has 2 rings (SSSR count). The summed E-state index contributed by atoms with van der Waals surface area (Å²) in [4.78, 5) is 22.6. The Hall–Kier alpha value is -2.11. The lowest BCUT2D eigenvalue weighted by molar-refractivity contribution is -0.384. The van der Waals surface area contributed by atoms with Crippen LogP contribution in [0.5, 0.6) is 0 Å². The number of hydrogen-bond acceptors (Lipinski definition) is 4. The predicted octanol–water partition coefficient (Wildman–Crippen LogP) is 2.16. The predicted molar refractivity (Wildman–Crippen MR) is 72.3 cm³/mol. The van der Waals surface area contributed by atoms with E-state index in [2.05, 4.69) is 17.6 Å². The fourth-order valence-corrected chi connectivity index (χ4v) is 2.43. The Balaban J connectivity index is 2.21. The van der Waals surface area contributed by atoms with E-state index in [9.17, 15) is 14.9 Å². The molecule has 0 unspecified atom stereocenters. The SMILES string of the molecule is CNc1c(C(=O)NC2CC(C)C2)cccc1[N+](=O)[O-]. The molecule has 1 saturated carbocycles. The van der Waals surface area contributed by atoms with Crippen LogP contribution in [0.4, 0.5) is 11.4 Å². The lowest BCUT2D eigenvalue weighted by Gasteiger charge is -2.33. The van der Waals surface area contributed by atoms with Crippen LogP contribution >= 0.6 is 0 Å². The molecule has 6 nitrogen and oxygen atoms in total. The van der Waals surface area contributed by atoms with Crippen molar-refractivity contribution in [2.24, 2.45) is 5.92 Å². The van der Waals surface area contributed by atoms with Crippen molar-refractivity contribution in [3.05, 3.63) is 33.9 Å². The molecule has 0 spiro atoms. The zero-order valence-corrected chi connectivity index (χ0v) is 11.0. The molecule has 1 aromatic rings. The van der Waals surface area contributed by atoms with Gasteiger partial charge in [0.15, 0.2) is 0 Å². The monoisotopic (exact) mass is 263 g/mol. The zero-order valence-electron chi connectivity index (χ0n) is 11.0. The van der Waals surface area contributed by atoms with Gasteiger partial charge < -0.3 is 10.6 Å². The van der Waals surface area contributed by atoms with E-state index in [1.807, 2.05) is 0 Å². The average molecular weight is 263 g/mol. The van der Waals surface area contributed by atoms with E-state index in [4.69, 9.17) is 0 Å². The second-order valence-electron chi connectivity index (χ2n) is 4.95. The van der Waals surface area contributed by atoms with Crippen molar-refractivity contribution in [3.8, 4) is 0 Å². The first-order valence-corrected chi connectivity index (χ1v) is 6.29. The highest BCUT2D eigenvalue weighted by atomic mass is 16.6. The number of hydrogen-bond donors (Lipinski definition) is 2. The summed E-state index contributed by atoms with van der Waals surface area (Å²) in [5, 5.41) is 16.6. The number of anilines is 1. The summed E-state index contributed by atoms with van der Waals surface area (Å²) in [7, 11) is 1.57. The molecule has 0 saturated heterocycles. The van der Waals surface area contributed by atoms with Gasteiger partial charge in [-0.3, -0.25) is 14.9 Å². The van der Waals surface area contributed by atoms with E-state index in [1.165, 1.54) is 12.1 Å². The topological polar surface area (TPSA) is 84.3 Å². The smallest absolute Gasteiger partial charge is 0.293 e. The molecule has 0 aliphatic heterocycles. The third kappa shape index (κ3) is 2.67. The van der Waals surface area contributed by atoms with Crippen molar-refractivity contribution in [2.75, 3.05) is 12.4 Å². The molecule has 0 heterocycles. The number of carbonyl (C=O) groups excluding carboxylic acids is 1. The van der Waals surface area contributed by atoms with E-state index >= 15 is 0 Å². The second kappa shape index (κ2) is 5.26. The molecule has 0 radical (unpaired) electrons. The van der Waals surface area contributed by atoms with Gasteiger partial charge in [0.1, 0.15) is 5.69 Å². The average Bonchev–Trinajstić information content (AvgIpc) is 2.35. The molecule has 0 aromatic heterocycles. The molecule has 6 heteroatoms. The number of para-hydroxylation sites is 1. The van der Waals surface area contributed by atoms with Crippen LogP contribution in [-0.2, 0) is 0 Å². The van der Waals surface area contributed by atoms with E-state index in [-0.39, 0.29) is 23.3 Å². The van der Waals surface area contributed by atoms with E-state index in [0.717, 1.165) is 12.8 Å². The van der Waals surface area contributed by atoms with E-state index < -0.39 is 4.92 Å². The van der Waals surface area contributed by atoms with Crippen LogP contribution in [0.2, 0.25) is 0 Å². The minimum absolute atomic E-state index is 0.0860. The zero-order chi connectivity index (χ0) is 14.0. The molecular formula is C13H17N3O3. The van der Waals surface area contributed by atoms with Gasteiger partial charge in [-0.2, -0.15) is 0 Å². The fourth-order valence-electron chi connectivity index (χ4n) is 2.43. The first-order chi connectivity index (χ1) is 9.02. The largest absolute Gasteiger partial charge is 0.382 e. The number of nitro benzene ring substituents is 1. The van der Waals surface area contributed by atoms with Crippen molar-refractivity contribution in [1.29, 1.82) is 0 Å². The van der Waals surface area contributed by atoms with Crippen molar-refractivity contribution < 1.29 is 9.72 Å². The van der Waals surface area contributed by atoms with Crippen molar-refractivity contribution in [1.82, 2.24) is 5.32 Å². The number of nitro groups is 1. The Morgan fingerprint density at radius 3 is 2.63 bits per heavy atom. The molecule has 0 atom stereocenters. The third-order valence-electron chi connectivity index (χ3n) is 3.44. The standard InChI is InChI=1S/C13H17N3O3/c1-8-6-9(7-8)15-13(17)10-4-3-5-11(16(18)19)12(10)14-2/h3-5,8-9,14H,6-7H2,1-2H3,(H,15,17). The maximum Gasteiger partial charge on any atom is 0.293 e. The van der Waals surface area contributed by atoms with Gasteiger partial charge in [-0.15, -0.1) is 0 Å². The maximum absolute atomic E-state index is 12.1. The number of nitrogens with one attached hydrogen (secondary N) is 2. The number of benzene rings is 1. The van der Waals surface area contributed by atoms with Crippen LogP contribution in [0.1, 0.15) is 30.1 Å². The van der Waals surface area contributed by atoms with Crippen LogP contribution in [0.15, 0.2) is 18.2 Å². The Morgan fingerprint density at radius 2 is 2.11 bits per heavy atom. The van der Waals surface area contributed by atoms with Crippen molar-refractivity contribution in [2.45, 2.75) is 25.8 Å². The molecule has 102 valence electrons. The molecular weight excluding hydrogens is 246 g/mol. The van der Waals surface area contributed by atoms with E-state index in [0.29, 0.717) is 11.5 Å². The lowest BCUT2D eigenvalue weighted by atomic mass is 9.82. The van der Waals surface area contributed by atoms with Gasteiger partial charge in [-0.25, -0.2) is 0 Å². The highest BCUT2D eigenvalue weighted by Gasteiger charge is 2.28. The Morgan fingerprint density at radius 1 is 1.42 bits per heavy atom. The highest BCUT2D eigenvalue weighted by molar-refractivity contribution is 6.01. The molecule has 1 fully saturated rings. The fraction of sp³-hybridized carbons (Fsp3) is 0.462. The minimum Gasteiger partial charge on any atom is -0.382 e. The Bertz CT molecular complexity index is 510. The number of nitrogens with zero attached hydrogens (tertiary/aromatic N) is 1. The van der Waals surface area contributed by atoms with Gasteiger partial charge in [-0.1, -0.05) is 13.0 Å². The summed E-state index contributed by atoms with van der Waals surface area (Å²) in [5.41, 5.74) is 0.491. The van der Waals surface area contributed by atoms with Crippen LogP contribution in [0.25, 0.3) is 0 Å². The Labute approximate surface area is 111 Å². The molecule has 2 N–H and O–H groups in total. The van der Waals surface area contributed by atoms with Crippen LogP contribution in [0, 0.1) is 16.0 Å². The van der Waals surface area contributed by atoms with Crippen molar-refractivity contribution >= 4 is 17.3 Å². The molecule has 0 bridgehead atoms. The summed E-state index contributed by atoms with van der Waals surface area (Å²) in [5.74, 6) is 0.379.